The summed E-state index contributed by atoms with van der Waals surface area (Å²) in [6.45, 7) is 6.36. The highest BCUT2D eigenvalue weighted by Crippen LogP contribution is 2.21. The number of nitriles is 1. The summed E-state index contributed by atoms with van der Waals surface area (Å²) in [6.07, 6.45) is 1.90. The van der Waals surface area contributed by atoms with Crippen LogP contribution >= 0.6 is 0 Å². The first-order chi connectivity index (χ1) is 8.02. The largest absolute Gasteiger partial charge is 0.239 e. The van der Waals surface area contributed by atoms with Crippen LogP contribution in [-0.4, -0.2) is 9.78 Å². The summed E-state index contributed by atoms with van der Waals surface area (Å²) in [4.78, 5) is 0. The molecular weight excluding hydrogens is 210 g/mol. The molecule has 0 aliphatic rings. The van der Waals surface area contributed by atoms with Gasteiger partial charge in [-0.1, -0.05) is 32.9 Å². The molecule has 0 saturated carbocycles. The Morgan fingerprint density at radius 3 is 2.47 bits per heavy atom. The van der Waals surface area contributed by atoms with Crippen LogP contribution in [0, 0.1) is 11.3 Å². The fourth-order valence-corrected chi connectivity index (χ4v) is 1.63. The Bertz CT molecular complexity index is 568. The van der Waals surface area contributed by atoms with E-state index in [4.69, 9.17) is 5.26 Å². The molecule has 3 nitrogen and oxygen atoms in total. The molecule has 2 rings (SSSR count). The van der Waals surface area contributed by atoms with Crippen molar-refractivity contribution in [1.29, 1.82) is 5.26 Å². The van der Waals surface area contributed by atoms with Gasteiger partial charge in [0.05, 0.1) is 16.9 Å². The molecule has 0 saturated heterocycles. The zero-order chi connectivity index (χ0) is 12.5. The molecule has 1 heterocycles. The molecule has 0 amide bonds. The summed E-state index contributed by atoms with van der Waals surface area (Å²) < 4.78 is 1.76. The fourth-order valence-electron chi connectivity index (χ4n) is 1.63. The molecule has 0 radical (unpaired) electrons. The Labute approximate surface area is 101 Å². The minimum atomic E-state index is 0.0207. The molecule has 2 aromatic rings. The molecule has 86 valence electrons. The van der Waals surface area contributed by atoms with Crippen molar-refractivity contribution in [3.63, 3.8) is 0 Å². The second-order valence-corrected chi connectivity index (χ2v) is 5.02. The molecule has 0 N–H and O–H groups in total. The van der Waals surface area contributed by atoms with E-state index in [0.717, 1.165) is 11.4 Å². The lowest BCUT2D eigenvalue weighted by molar-refractivity contribution is 0.560. The summed E-state index contributed by atoms with van der Waals surface area (Å²) in [5.74, 6) is 0. The van der Waals surface area contributed by atoms with Gasteiger partial charge in [0.1, 0.15) is 6.07 Å². The van der Waals surface area contributed by atoms with Gasteiger partial charge in [-0.05, 0) is 18.2 Å². The highest BCUT2D eigenvalue weighted by atomic mass is 15.3. The van der Waals surface area contributed by atoms with Crippen LogP contribution < -0.4 is 0 Å². The lowest BCUT2D eigenvalue weighted by Gasteiger charge is -2.14. The molecular formula is C14H15N3. The Balaban J connectivity index is 2.49. The highest BCUT2D eigenvalue weighted by molar-refractivity contribution is 5.48. The van der Waals surface area contributed by atoms with E-state index in [9.17, 15) is 0 Å². The van der Waals surface area contributed by atoms with Gasteiger partial charge in [-0.2, -0.15) is 10.4 Å². The van der Waals surface area contributed by atoms with Gasteiger partial charge < -0.3 is 0 Å². The maximum Gasteiger partial charge on any atom is 0.101 e. The van der Waals surface area contributed by atoms with Gasteiger partial charge in [0.25, 0.3) is 0 Å². The smallest absolute Gasteiger partial charge is 0.101 e. The normalized spacial score (nSPS) is 11.2. The molecule has 0 bridgehead atoms. The number of para-hydroxylation sites is 1. The molecule has 0 fully saturated rings. The molecule has 0 aliphatic carbocycles. The van der Waals surface area contributed by atoms with Crippen molar-refractivity contribution in [2.45, 2.75) is 26.2 Å². The number of aromatic nitrogens is 2. The van der Waals surface area contributed by atoms with E-state index in [0.29, 0.717) is 5.56 Å². The first kappa shape index (κ1) is 11.4. The molecule has 1 aromatic heterocycles. The number of nitrogens with zero attached hydrogens (tertiary/aromatic N) is 3. The fraction of sp³-hybridized carbons (Fsp3) is 0.286. The topological polar surface area (TPSA) is 41.6 Å². The van der Waals surface area contributed by atoms with Crippen molar-refractivity contribution < 1.29 is 0 Å². The van der Waals surface area contributed by atoms with Crippen molar-refractivity contribution >= 4 is 0 Å². The lowest BCUT2D eigenvalue weighted by Crippen LogP contribution is -2.12. The highest BCUT2D eigenvalue weighted by Gasteiger charge is 2.17. The third kappa shape index (κ3) is 2.21. The van der Waals surface area contributed by atoms with Crippen molar-refractivity contribution in [2.24, 2.45) is 0 Å². The number of hydrogen-bond acceptors (Lipinski definition) is 2. The zero-order valence-corrected chi connectivity index (χ0v) is 10.3. The molecule has 0 atom stereocenters. The Morgan fingerprint density at radius 1 is 1.18 bits per heavy atom. The molecule has 17 heavy (non-hydrogen) atoms. The van der Waals surface area contributed by atoms with Crippen LogP contribution in [-0.2, 0) is 5.41 Å². The van der Waals surface area contributed by atoms with E-state index < -0.39 is 0 Å². The second kappa shape index (κ2) is 4.06. The molecule has 1 aromatic carbocycles. The van der Waals surface area contributed by atoms with Crippen molar-refractivity contribution in [1.82, 2.24) is 9.78 Å². The van der Waals surface area contributed by atoms with Gasteiger partial charge >= 0.3 is 0 Å². The summed E-state index contributed by atoms with van der Waals surface area (Å²) in [5, 5.41) is 13.6. The minimum absolute atomic E-state index is 0.0207. The quantitative estimate of drug-likeness (QED) is 0.748. The van der Waals surface area contributed by atoms with Crippen LogP contribution in [0.5, 0.6) is 0 Å². The van der Waals surface area contributed by atoms with Crippen LogP contribution in [0.25, 0.3) is 5.69 Å². The first-order valence-corrected chi connectivity index (χ1v) is 5.58. The standard InChI is InChI=1S/C14H15N3/c1-14(2,3)13-8-9-17(16-13)12-7-5-4-6-11(12)10-15/h4-9H,1-3H3. The van der Waals surface area contributed by atoms with E-state index in [-0.39, 0.29) is 5.41 Å². The Morgan fingerprint density at radius 2 is 1.88 bits per heavy atom. The van der Waals surface area contributed by atoms with E-state index in [1.807, 2.05) is 30.5 Å². The summed E-state index contributed by atoms with van der Waals surface area (Å²) >= 11 is 0. The number of rotatable bonds is 1. The molecule has 0 unspecified atom stereocenters. The van der Waals surface area contributed by atoms with E-state index in [1.54, 1.807) is 10.7 Å². The summed E-state index contributed by atoms with van der Waals surface area (Å²) in [5.41, 5.74) is 2.50. The van der Waals surface area contributed by atoms with Gasteiger partial charge in [0, 0.05) is 11.6 Å². The second-order valence-electron chi connectivity index (χ2n) is 5.02. The SMILES string of the molecule is CC(C)(C)c1ccn(-c2ccccc2C#N)n1. The predicted octanol–water partition coefficient (Wildman–Crippen LogP) is 3.04. The van der Waals surface area contributed by atoms with Crippen LogP contribution in [0.15, 0.2) is 36.5 Å². The van der Waals surface area contributed by atoms with Gasteiger partial charge in [0.15, 0.2) is 0 Å². The zero-order valence-electron chi connectivity index (χ0n) is 10.3. The third-order valence-corrected chi connectivity index (χ3v) is 2.63. The average Bonchev–Trinajstić information content (AvgIpc) is 2.77. The Hall–Kier alpha value is -2.08. The van der Waals surface area contributed by atoms with Gasteiger partial charge in [-0.25, -0.2) is 4.68 Å². The monoisotopic (exact) mass is 225 g/mol. The van der Waals surface area contributed by atoms with Crippen molar-refractivity contribution in [3.8, 4) is 11.8 Å². The van der Waals surface area contributed by atoms with E-state index in [1.165, 1.54) is 0 Å². The van der Waals surface area contributed by atoms with Crippen LogP contribution in [0.1, 0.15) is 32.0 Å². The van der Waals surface area contributed by atoms with Crippen LogP contribution in [0.2, 0.25) is 0 Å². The van der Waals surface area contributed by atoms with E-state index in [2.05, 4.69) is 31.9 Å². The maximum atomic E-state index is 9.06. The van der Waals surface area contributed by atoms with Crippen molar-refractivity contribution in [2.75, 3.05) is 0 Å². The van der Waals surface area contributed by atoms with Crippen molar-refractivity contribution in [3.05, 3.63) is 47.8 Å². The van der Waals surface area contributed by atoms with Gasteiger partial charge in [0.2, 0.25) is 0 Å². The van der Waals surface area contributed by atoms with E-state index >= 15 is 0 Å². The minimum Gasteiger partial charge on any atom is -0.239 e. The maximum absolute atomic E-state index is 9.06. The van der Waals surface area contributed by atoms with Crippen LogP contribution in [0.4, 0.5) is 0 Å². The Kier molecular flexibility index (Phi) is 2.72. The molecule has 3 heteroatoms. The third-order valence-electron chi connectivity index (χ3n) is 2.63. The molecule has 0 spiro atoms. The lowest BCUT2D eigenvalue weighted by atomic mass is 9.93. The van der Waals surface area contributed by atoms with Crippen LogP contribution in [0.3, 0.4) is 0 Å². The number of hydrogen-bond donors (Lipinski definition) is 0. The summed E-state index contributed by atoms with van der Waals surface area (Å²) in [7, 11) is 0. The predicted molar refractivity (Wildman–Crippen MR) is 67.0 cm³/mol. The molecule has 0 aliphatic heterocycles. The first-order valence-electron chi connectivity index (χ1n) is 5.58. The number of benzene rings is 1. The van der Waals surface area contributed by atoms with Gasteiger partial charge in [-0.15, -0.1) is 0 Å². The van der Waals surface area contributed by atoms with Gasteiger partial charge in [-0.3, -0.25) is 0 Å². The average molecular weight is 225 g/mol. The summed E-state index contributed by atoms with van der Waals surface area (Å²) in [6, 6.07) is 11.6.